The maximum Gasteiger partial charge on any atom is 0.325 e. The Hall–Kier alpha value is -1.36. The second-order valence-corrected chi connectivity index (χ2v) is 5.32. The first-order valence-corrected chi connectivity index (χ1v) is 6.76. The van der Waals surface area contributed by atoms with Gasteiger partial charge in [-0.3, -0.25) is 9.36 Å². The van der Waals surface area contributed by atoms with E-state index in [-0.39, 0.29) is 19.1 Å². The number of aliphatic carboxylic acids is 1. The van der Waals surface area contributed by atoms with Crippen LogP contribution in [0.2, 0.25) is 0 Å². The van der Waals surface area contributed by atoms with Crippen LogP contribution in [0.4, 0.5) is 5.69 Å². The molecule has 1 rings (SSSR count). The molecule has 0 aromatic heterocycles. The van der Waals surface area contributed by atoms with Crippen LogP contribution in [-0.4, -0.2) is 33.6 Å². The Labute approximate surface area is 98.4 Å². The second-order valence-electron chi connectivity index (χ2n) is 3.54. The van der Waals surface area contributed by atoms with Gasteiger partial charge in [-0.25, -0.2) is 0 Å². The molecule has 1 aromatic carbocycles. The number of hydrogen-bond acceptors (Lipinski definition) is 3. The highest BCUT2D eigenvalue weighted by atomic mass is 31.2. The van der Waals surface area contributed by atoms with Crippen LogP contribution < -0.4 is 5.32 Å². The van der Waals surface area contributed by atoms with E-state index in [1.807, 2.05) is 0 Å². The van der Waals surface area contributed by atoms with E-state index in [9.17, 15) is 9.36 Å². The van der Waals surface area contributed by atoms with Gasteiger partial charge in [0.25, 0.3) is 0 Å². The van der Waals surface area contributed by atoms with Gasteiger partial charge in [-0.15, -0.1) is 0 Å². The molecule has 94 valence electrons. The molecular formula is C10H14NO5P. The maximum absolute atomic E-state index is 10.8. The highest BCUT2D eigenvalue weighted by Gasteiger charge is 2.14. The van der Waals surface area contributed by atoms with Crippen LogP contribution in [0.15, 0.2) is 24.3 Å². The van der Waals surface area contributed by atoms with Crippen LogP contribution in [0.1, 0.15) is 5.56 Å². The Kier molecular flexibility index (Phi) is 4.69. The number of carboxylic acid groups (broad SMARTS) is 1. The Morgan fingerprint density at radius 1 is 1.29 bits per heavy atom. The van der Waals surface area contributed by atoms with Crippen molar-refractivity contribution in [2.45, 2.75) is 6.42 Å². The molecular weight excluding hydrogens is 245 g/mol. The van der Waals surface area contributed by atoms with Gasteiger partial charge in [0, 0.05) is 5.69 Å². The number of para-hydroxylation sites is 1. The van der Waals surface area contributed by atoms with Crippen molar-refractivity contribution in [3.8, 4) is 0 Å². The fourth-order valence-electron chi connectivity index (χ4n) is 1.35. The number of rotatable bonds is 6. The highest BCUT2D eigenvalue weighted by Crippen LogP contribution is 2.35. The van der Waals surface area contributed by atoms with E-state index in [0.29, 0.717) is 11.3 Å². The molecule has 0 saturated carbocycles. The van der Waals surface area contributed by atoms with Crippen molar-refractivity contribution in [1.29, 1.82) is 0 Å². The van der Waals surface area contributed by atoms with E-state index in [2.05, 4.69) is 5.32 Å². The summed E-state index contributed by atoms with van der Waals surface area (Å²) >= 11 is 0. The molecule has 0 atom stereocenters. The fraction of sp³-hybridized carbons (Fsp3) is 0.300. The van der Waals surface area contributed by atoms with Gasteiger partial charge in [0.1, 0.15) is 6.54 Å². The lowest BCUT2D eigenvalue weighted by atomic mass is 10.1. The summed E-state index contributed by atoms with van der Waals surface area (Å²) in [6.45, 7) is -0.229. The number of nitrogens with one attached hydrogen (secondary N) is 1. The van der Waals surface area contributed by atoms with Gasteiger partial charge in [-0.2, -0.15) is 0 Å². The quantitative estimate of drug-likeness (QED) is 0.565. The molecule has 0 unspecified atom stereocenters. The summed E-state index contributed by atoms with van der Waals surface area (Å²) in [6.07, 6.45) is -0.0498. The number of hydrogen-bond donors (Lipinski definition) is 4. The molecule has 0 aliphatic rings. The van der Waals surface area contributed by atoms with Crippen LogP contribution in [0.5, 0.6) is 0 Å². The van der Waals surface area contributed by atoms with Gasteiger partial charge in [-0.1, -0.05) is 18.2 Å². The Bertz CT molecular complexity index is 442. The Morgan fingerprint density at radius 2 is 1.94 bits per heavy atom. The summed E-state index contributed by atoms with van der Waals surface area (Å²) in [4.78, 5) is 28.0. The number of anilines is 1. The topological polar surface area (TPSA) is 107 Å². The van der Waals surface area contributed by atoms with E-state index >= 15 is 0 Å². The molecule has 1 aromatic rings. The molecule has 0 radical (unpaired) electrons. The van der Waals surface area contributed by atoms with Gasteiger partial charge < -0.3 is 20.2 Å². The number of aryl methyl sites for hydroxylation is 1. The van der Waals surface area contributed by atoms with Crippen LogP contribution >= 0.6 is 7.60 Å². The summed E-state index contributed by atoms with van der Waals surface area (Å²) < 4.78 is 10.8. The van der Waals surface area contributed by atoms with Crippen LogP contribution in [0.3, 0.4) is 0 Å². The Balaban J connectivity index is 2.70. The van der Waals surface area contributed by atoms with E-state index in [1.54, 1.807) is 24.3 Å². The number of benzene rings is 1. The minimum atomic E-state index is -4.03. The van der Waals surface area contributed by atoms with Crippen LogP contribution in [0, 0.1) is 0 Å². The molecule has 4 N–H and O–H groups in total. The Morgan fingerprint density at radius 3 is 2.53 bits per heavy atom. The third-order valence-corrected chi connectivity index (χ3v) is 2.93. The normalized spacial score (nSPS) is 11.2. The lowest BCUT2D eigenvalue weighted by Crippen LogP contribution is -2.13. The lowest BCUT2D eigenvalue weighted by Gasteiger charge is -2.10. The smallest absolute Gasteiger partial charge is 0.325 e. The molecule has 0 aliphatic carbocycles. The van der Waals surface area contributed by atoms with Crippen molar-refractivity contribution >= 4 is 19.3 Å². The van der Waals surface area contributed by atoms with Crippen molar-refractivity contribution < 1.29 is 24.3 Å². The predicted molar refractivity (Wildman–Crippen MR) is 63.2 cm³/mol. The van der Waals surface area contributed by atoms with Gasteiger partial charge in [0.2, 0.25) is 0 Å². The molecule has 0 aliphatic heterocycles. The predicted octanol–water partition coefficient (Wildman–Crippen LogP) is 0.903. The molecule has 0 spiro atoms. The lowest BCUT2D eigenvalue weighted by molar-refractivity contribution is -0.134. The molecule has 6 nitrogen and oxygen atoms in total. The zero-order valence-corrected chi connectivity index (χ0v) is 9.93. The molecule has 0 heterocycles. The summed E-state index contributed by atoms with van der Waals surface area (Å²) in [7, 11) is -4.03. The molecule has 17 heavy (non-hydrogen) atoms. The van der Waals surface area contributed by atoms with Gasteiger partial charge in [0.15, 0.2) is 0 Å². The first kappa shape index (κ1) is 13.7. The number of carboxylic acids is 1. The fourth-order valence-corrected chi connectivity index (χ4v) is 1.88. The number of carbonyl (C=O) groups is 1. The third-order valence-electron chi connectivity index (χ3n) is 2.12. The first-order valence-electron chi connectivity index (χ1n) is 4.96. The zero-order chi connectivity index (χ0) is 12.9. The average Bonchev–Trinajstić information content (AvgIpc) is 2.23. The van der Waals surface area contributed by atoms with E-state index in [1.165, 1.54) is 0 Å². The molecule has 0 bridgehead atoms. The molecule has 0 amide bonds. The molecule has 0 saturated heterocycles. The van der Waals surface area contributed by atoms with Crippen LogP contribution in [0.25, 0.3) is 0 Å². The molecule has 0 fully saturated rings. The summed E-state index contributed by atoms with van der Waals surface area (Å²) in [6, 6.07) is 6.85. The van der Waals surface area contributed by atoms with Crippen molar-refractivity contribution in [1.82, 2.24) is 0 Å². The van der Waals surface area contributed by atoms with Crippen molar-refractivity contribution in [3.63, 3.8) is 0 Å². The van der Waals surface area contributed by atoms with Crippen LogP contribution in [-0.2, 0) is 15.8 Å². The van der Waals surface area contributed by atoms with Crippen molar-refractivity contribution in [2.75, 3.05) is 18.0 Å². The first-order chi connectivity index (χ1) is 7.88. The standard InChI is InChI=1S/C10H14NO5P/c12-10(13)7-11-9-4-2-1-3-8(9)5-6-17(14,15)16/h1-4,11H,5-7H2,(H,12,13)(H2,14,15,16). The minimum Gasteiger partial charge on any atom is -0.480 e. The highest BCUT2D eigenvalue weighted by molar-refractivity contribution is 7.51. The SMILES string of the molecule is O=C(O)CNc1ccccc1CCP(=O)(O)O. The largest absolute Gasteiger partial charge is 0.480 e. The summed E-state index contributed by atoms with van der Waals surface area (Å²) in [5.74, 6) is -0.991. The van der Waals surface area contributed by atoms with E-state index < -0.39 is 13.6 Å². The summed E-state index contributed by atoms with van der Waals surface area (Å²) in [5, 5.41) is 11.2. The van der Waals surface area contributed by atoms with Crippen molar-refractivity contribution in [3.05, 3.63) is 29.8 Å². The zero-order valence-electron chi connectivity index (χ0n) is 9.04. The van der Waals surface area contributed by atoms with Gasteiger partial charge in [-0.05, 0) is 18.1 Å². The molecule has 7 heteroatoms. The minimum absolute atomic E-state index is 0.201. The van der Waals surface area contributed by atoms with Gasteiger partial charge in [0.05, 0.1) is 6.16 Å². The third kappa shape index (κ3) is 5.49. The maximum atomic E-state index is 10.8. The van der Waals surface area contributed by atoms with Gasteiger partial charge >= 0.3 is 13.6 Å². The van der Waals surface area contributed by atoms with Crippen molar-refractivity contribution in [2.24, 2.45) is 0 Å². The van der Waals surface area contributed by atoms with E-state index in [0.717, 1.165) is 0 Å². The van der Waals surface area contributed by atoms with E-state index in [4.69, 9.17) is 14.9 Å². The monoisotopic (exact) mass is 259 g/mol. The summed E-state index contributed by atoms with van der Waals surface area (Å²) in [5.41, 5.74) is 1.28. The average molecular weight is 259 g/mol. The second kappa shape index (κ2) is 5.82.